The lowest BCUT2D eigenvalue weighted by atomic mass is 10.1. The van der Waals surface area contributed by atoms with E-state index in [0.29, 0.717) is 6.54 Å². The molecule has 0 saturated carbocycles. The minimum Gasteiger partial charge on any atom is -0.390 e. The molecule has 0 aromatic heterocycles. The van der Waals surface area contributed by atoms with Crippen LogP contribution in [-0.4, -0.2) is 29.5 Å². The van der Waals surface area contributed by atoms with E-state index in [4.69, 9.17) is 11.6 Å². The van der Waals surface area contributed by atoms with Crippen molar-refractivity contribution in [2.75, 3.05) is 23.1 Å². The summed E-state index contributed by atoms with van der Waals surface area (Å²) in [4.78, 5) is 11.7. The second-order valence-corrected chi connectivity index (χ2v) is 5.17. The summed E-state index contributed by atoms with van der Waals surface area (Å²) < 4.78 is 0. The van der Waals surface area contributed by atoms with Gasteiger partial charge in [-0.15, -0.1) is 11.6 Å². The summed E-state index contributed by atoms with van der Waals surface area (Å²) >= 11 is 5.53. The van der Waals surface area contributed by atoms with E-state index in [1.165, 1.54) is 0 Å². The molecule has 1 aromatic rings. The van der Waals surface area contributed by atoms with E-state index in [2.05, 4.69) is 10.6 Å². The van der Waals surface area contributed by atoms with Gasteiger partial charge in [0.1, 0.15) is 0 Å². The topological polar surface area (TPSA) is 61.4 Å². The zero-order valence-electron chi connectivity index (χ0n) is 11.5. The predicted molar refractivity (Wildman–Crippen MR) is 79.9 cm³/mol. The van der Waals surface area contributed by atoms with Crippen molar-refractivity contribution in [3.63, 3.8) is 0 Å². The number of carbonyl (C=O) groups is 1. The minimum atomic E-state index is -0.586. The maximum atomic E-state index is 11.7. The van der Waals surface area contributed by atoms with E-state index in [-0.39, 0.29) is 17.7 Å². The van der Waals surface area contributed by atoms with Crippen LogP contribution in [0.5, 0.6) is 0 Å². The first-order valence-corrected chi connectivity index (χ1v) is 6.87. The number of halogens is 1. The fourth-order valence-corrected chi connectivity index (χ4v) is 1.54. The third kappa shape index (κ3) is 5.09. The van der Waals surface area contributed by atoms with Gasteiger partial charge in [0.05, 0.1) is 12.0 Å². The number of hydrogen-bond acceptors (Lipinski definition) is 3. The molecule has 5 heteroatoms. The standard InChI is InChI=1S/C14H21ClN2O2/c1-9(2)14(19)17-13-6-11(5-4-10(13)3)16-8-12(18)7-15/h4-6,9,12,16,18H,7-8H2,1-3H3,(H,17,19). The van der Waals surface area contributed by atoms with E-state index in [1.807, 2.05) is 39.0 Å². The third-order valence-electron chi connectivity index (χ3n) is 2.74. The van der Waals surface area contributed by atoms with E-state index in [0.717, 1.165) is 16.9 Å². The maximum absolute atomic E-state index is 11.7. The SMILES string of the molecule is Cc1ccc(NCC(O)CCl)cc1NC(=O)C(C)C. The molecular formula is C14H21ClN2O2. The monoisotopic (exact) mass is 284 g/mol. The van der Waals surface area contributed by atoms with Crippen LogP contribution in [0.1, 0.15) is 19.4 Å². The number of nitrogens with one attached hydrogen (secondary N) is 2. The fraction of sp³-hybridized carbons (Fsp3) is 0.500. The number of hydrogen-bond donors (Lipinski definition) is 3. The zero-order chi connectivity index (χ0) is 14.4. The number of aliphatic hydroxyl groups excluding tert-OH is 1. The van der Waals surface area contributed by atoms with Gasteiger partial charge in [-0.25, -0.2) is 0 Å². The Labute approximate surface area is 119 Å². The van der Waals surface area contributed by atoms with Gasteiger partial charge in [0.25, 0.3) is 0 Å². The first-order chi connectivity index (χ1) is 8.93. The number of anilines is 2. The van der Waals surface area contributed by atoms with E-state index >= 15 is 0 Å². The Bertz CT molecular complexity index is 435. The van der Waals surface area contributed by atoms with Crippen molar-refractivity contribution < 1.29 is 9.90 Å². The van der Waals surface area contributed by atoms with Crippen molar-refractivity contribution in [1.29, 1.82) is 0 Å². The first-order valence-electron chi connectivity index (χ1n) is 6.33. The molecule has 0 radical (unpaired) electrons. The molecule has 1 atom stereocenters. The van der Waals surface area contributed by atoms with Crippen LogP contribution in [0.15, 0.2) is 18.2 Å². The molecule has 106 valence electrons. The van der Waals surface area contributed by atoms with Crippen molar-refractivity contribution >= 4 is 28.9 Å². The quantitative estimate of drug-likeness (QED) is 0.704. The van der Waals surface area contributed by atoms with Crippen LogP contribution < -0.4 is 10.6 Å². The first kappa shape index (κ1) is 15.8. The molecule has 0 aliphatic rings. The van der Waals surface area contributed by atoms with Gasteiger partial charge >= 0.3 is 0 Å². The summed E-state index contributed by atoms with van der Waals surface area (Å²) in [5.74, 6) is 0.116. The van der Waals surface area contributed by atoms with Crippen LogP contribution in [0.25, 0.3) is 0 Å². The molecular weight excluding hydrogens is 264 g/mol. The van der Waals surface area contributed by atoms with Gasteiger partial charge in [0.2, 0.25) is 5.91 Å². The van der Waals surface area contributed by atoms with Gasteiger partial charge < -0.3 is 15.7 Å². The Morgan fingerprint density at radius 2 is 2.11 bits per heavy atom. The predicted octanol–water partition coefficient (Wildman–Crippen LogP) is 2.60. The van der Waals surface area contributed by atoms with Crippen LogP contribution in [0, 0.1) is 12.8 Å². The summed E-state index contributed by atoms with van der Waals surface area (Å²) in [6, 6.07) is 5.68. The highest BCUT2D eigenvalue weighted by atomic mass is 35.5. The molecule has 3 N–H and O–H groups in total. The van der Waals surface area contributed by atoms with Gasteiger partial charge in [-0.1, -0.05) is 19.9 Å². The van der Waals surface area contributed by atoms with Crippen LogP contribution in [0.4, 0.5) is 11.4 Å². The maximum Gasteiger partial charge on any atom is 0.226 e. The molecule has 0 aliphatic carbocycles. The molecule has 1 amide bonds. The molecule has 1 unspecified atom stereocenters. The highest BCUT2D eigenvalue weighted by Gasteiger charge is 2.09. The second kappa shape index (κ2) is 7.36. The second-order valence-electron chi connectivity index (χ2n) is 4.86. The van der Waals surface area contributed by atoms with Crippen LogP contribution in [-0.2, 0) is 4.79 Å². The van der Waals surface area contributed by atoms with Gasteiger partial charge in [-0.2, -0.15) is 0 Å². The lowest BCUT2D eigenvalue weighted by molar-refractivity contribution is -0.118. The number of rotatable bonds is 6. The normalized spacial score (nSPS) is 12.3. The van der Waals surface area contributed by atoms with Gasteiger partial charge in [0, 0.05) is 23.8 Å². The zero-order valence-corrected chi connectivity index (χ0v) is 12.3. The number of aliphatic hydroxyl groups is 1. The van der Waals surface area contributed by atoms with Crippen molar-refractivity contribution in [2.24, 2.45) is 5.92 Å². The summed E-state index contributed by atoms with van der Waals surface area (Å²) in [6.07, 6.45) is -0.586. The number of amides is 1. The van der Waals surface area contributed by atoms with Gasteiger partial charge in [0.15, 0.2) is 0 Å². The Morgan fingerprint density at radius 1 is 1.42 bits per heavy atom. The molecule has 4 nitrogen and oxygen atoms in total. The summed E-state index contributed by atoms with van der Waals surface area (Å²) in [6.45, 7) is 6.02. The van der Waals surface area contributed by atoms with Crippen molar-refractivity contribution in [3.05, 3.63) is 23.8 Å². The van der Waals surface area contributed by atoms with Crippen molar-refractivity contribution in [2.45, 2.75) is 26.9 Å². The lowest BCUT2D eigenvalue weighted by Crippen LogP contribution is -2.21. The Balaban J connectivity index is 2.74. The number of carbonyl (C=O) groups excluding carboxylic acids is 1. The van der Waals surface area contributed by atoms with E-state index in [1.54, 1.807) is 0 Å². The highest BCUT2D eigenvalue weighted by Crippen LogP contribution is 2.21. The van der Waals surface area contributed by atoms with Crippen LogP contribution in [0.2, 0.25) is 0 Å². The Morgan fingerprint density at radius 3 is 2.68 bits per heavy atom. The lowest BCUT2D eigenvalue weighted by Gasteiger charge is -2.14. The molecule has 19 heavy (non-hydrogen) atoms. The van der Waals surface area contributed by atoms with E-state index < -0.39 is 6.10 Å². The van der Waals surface area contributed by atoms with Crippen LogP contribution in [0.3, 0.4) is 0 Å². The van der Waals surface area contributed by atoms with Crippen molar-refractivity contribution in [1.82, 2.24) is 0 Å². The minimum absolute atomic E-state index is 0.0129. The van der Waals surface area contributed by atoms with Gasteiger partial charge in [-0.05, 0) is 24.6 Å². The Kier molecular flexibility index (Phi) is 6.12. The molecule has 0 saturated heterocycles. The Hall–Kier alpha value is -1.26. The molecule has 0 heterocycles. The van der Waals surface area contributed by atoms with Gasteiger partial charge in [-0.3, -0.25) is 4.79 Å². The van der Waals surface area contributed by atoms with Crippen molar-refractivity contribution in [3.8, 4) is 0 Å². The average molecular weight is 285 g/mol. The molecule has 0 bridgehead atoms. The summed E-state index contributed by atoms with van der Waals surface area (Å²) in [5.41, 5.74) is 2.62. The number of alkyl halides is 1. The molecule has 1 aromatic carbocycles. The third-order valence-corrected chi connectivity index (χ3v) is 3.10. The van der Waals surface area contributed by atoms with E-state index in [9.17, 15) is 9.90 Å². The van der Waals surface area contributed by atoms with Crippen LogP contribution >= 0.6 is 11.6 Å². The highest BCUT2D eigenvalue weighted by molar-refractivity contribution is 6.18. The smallest absolute Gasteiger partial charge is 0.226 e. The average Bonchev–Trinajstić information content (AvgIpc) is 2.38. The summed E-state index contributed by atoms with van der Waals surface area (Å²) in [7, 11) is 0. The largest absolute Gasteiger partial charge is 0.390 e. The number of benzene rings is 1. The fourth-order valence-electron chi connectivity index (χ4n) is 1.43. The number of aryl methyl sites for hydroxylation is 1. The molecule has 1 rings (SSSR count). The summed E-state index contributed by atoms with van der Waals surface area (Å²) in [5, 5.41) is 15.4. The molecule has 0 fully saturated rings. The molecule has 0 spiro atoms. The molecule has 0 aliphatic heterocycles.